The van der Waals surface area contributed by atoms with Gasteiger partial charge in [-0.05, 0) is 43.9 Å². The van der Waals surface area contributed by atoms with Gasteiger partial charge in [-0.15, -0.1) is 0 Å². The number of nitrogens with zero attached hydrogens (tertiary/aromatic N) is 1. The van der Waals surface area contributed by atoms with Crippen LogP contribution in [0.25, 0.3) is 10.2 Å². The minimum atomic E-state index is -0.234. The Hall–Kier alpha value is -0.940. The summed E-state index contributed by atoms with van der Waals surface area (Å²) >= 11 is 5.19. The molecule has 0 radical (unpaired) electrons. The van der Waals surface area contributed by atoms with Crippen LogP contribution in [0.4, 0.5) is 5.13 Å². The maximum atomic E-state index is 12.6. The number of rotatable bonds is 2. The van der Waals surface area contributed by atoms with E-state index in [0.717, 1.165) is 40.4 Å². The first-order valence-electron chi connectivity index (χ1n) is 7.78. The number of benzene rings is 1. The Morgan fingerprint density at radius 1 is 1.32 bits per heavy atom. The van der Waals surface area contributed by atoms with Gasteiger partial charge < -0.3 is 5.32 Å². The van der Waals surface area contributed by atoms with E-state index in [4.69, 9.17) is 0 Å². The molecular weight excluding hydrogens is 360 g/mol. The second-order valence-corrected chi connectivity index (χ2v) is 8.37. The Bertz CT molecular complexity index is 732. The number of aromatic nitrogens is 1. The fourth-order valence-corrected chi connectivity index (χ4v) is 4.61. The Balaban J connectivity index is 1.88. The van der Waals surface area contributed by atoms with E-state index in [0.29, 0.717) is 5.13 Å². The number of fused-ring (bicyclic) bond motifs is 1. The van der Waals surface area contributed by atoms with E-state index in [2.05, 4.69) is 53.1 Å². The van der Waals surface area contributed by atoms with Crippen molar-refractivity contribution in [1.29, 1.82) is 0 Å². The van der Waals surface area contributed by atoms with Crippen LogP contribution < -0.4 is 5.32 Å². The summed E-state index contributed by atoms with van der Waals surface area (Å²) in [7, 11) is 0. The number of halogens is 1. The molecule has 0 unspecified atom stereocenters. The molecule has 1 amide bonds. The third kappa shape index (κ3) is 2.81. The molecule has 5 heteroatoms. The largest absolute Gasteiger partial charge is 0.301 e. The minimum absolute atomic E-state index is 0.125. The average molecular weight is 381 g/mol. The van der Waals surface area contributed by atoms with Crippen LogP contribution in [0.3, 0.4) is 0 Å². The van der Waals surface area contributed by atoms with Crippen molar-refractivity contribution in [2.75, 3.05) is 5.32 Å². The highest BCUT2D eigenvalue weighted by molar-refractivity contribution is 9.10. The zero-order chi connectivity index (χ0) is 15.9. The summed E-state index contributed by atoms with van der Waals surface area (Å²) in [5.41, 5.74) is 3.10. The van der Waals surface area contributed by atoms with Gasteiger partial charge in [-0.3, -0.25) is 4.79 Å². The van der Waals surface area contributed by atoms with Crippen LogP contribution in [-0.2, 0) is 4.79 Å². The van der Waals surface area contributed by atoms with Crippen LogP contribution in [0.15, 0.2) is 10.5 Å². The van der Waals surface area contributed by atoms with E-state index in [1.165, 1.54) is 17.5 Å². The van der Waals surface area contributed by atoms with E-state index in [1.54, 1.807) is 11.3 Å². The Morgan fingerprint density at radius 3 is 2.68 bits per heavy atom. The molecule has 1 aromatic carbocycles. The first-order valence-corrected chi connectivity index (χ1v) is 9.39. The van der Waals surface area contributed by atoms with E-state index in [-0.39, 0.29) is 11.3 Å². The van der Waals surface area contributed by atoms with Gasteiger partial charge >= 0.3 is 0 Å². The highest BCUT2D eigenvalue weighted by Gasteiger charge is 2.34. The second kappa shape index (κ2) is 5.93. The molecular formula is C17H21BrN2OS. The monoisotopic (exact) mass is 380 g/mol. The van der Waals surface area contributed by atoms with Crippen LogP contribution in [0, 0.1) is 19.3 Å². The number of thiazole rings is 1. The van der Waals surface area contributed by atoms with Crippen LogP contribution in [-0.4, -0.2) is 10.9 Å². The lowest BCUT2D eigenvalue weighted by atomic mass is 9.75. The molecule has 1 saturated carbocycles. The molecule has 0 atom stereocenters. The molecule has 118 valence electrons. The van der Waals surface area contributed by atoms with Gasteiger partial charge in [0, 0.05) is 9.89 Å². The van der Waals surface area contributed by atoms with E-state index in [9.17, 15) is 4.79 Å². The molecule has 1 heterocycles. The standard InChI is InChI=1S/C17H21BrN2OS/c1-10-9-12-14(11(2)13(10)18)22-16(19-12)20-15(21)17(3)7-5-4-6-8-17/h9H,4-8H2,1-3H3,(H,19,20,21). The van der Waals surface area contributed by atoms with Gasteiger partial charge in [0.15, 0.2) is 5.13 Å². The first kappa shape index (κ1) is 15.9. The normalized spacial score (nSPS) is 17.6. The third-order valence-electron chi connectivity index (χ3n) is 4.75. The molecule has 0 bridgehead atoms. The fourth-order valence-electron chi connectivity index (χ4n) is 3.22. The van der Waals surface area contributed by atoms with E-state index >= 15 is 0 Å². The van der Waals surface area contributed by atoms with Gasteiger partial charge in [-0.1, -0.05) is 53.5 Å². The summed E-state index contributed by atoms with van der Waals surface area (Å²) in [6, 6.07) is 2.07. The molecule has 22 heavy (non-hydrogen) atoms. The summed E-state index contributed by atoms with van der Waals surface area (Å²) in [6.07, 6.45) is 5.50. The van der Waals surface area contributed by atoms with Crippen molar-refractivity contribution < 1.29 is 4.79 Å². The van der Waals surface area contributed by atoms with Gasteiger partial charge in [0.1, 0.15) is 0 Å². The SMILES string of the molecule is Cc1cc2nc(NC(=O)C3(C)CCCCC3)sc2c(C)c1Br. The second-order valence-electron chi connectivity index (χ2n) is 6.58. The molecule has 0 spiro atoms. The molecule has 2 aromatic rings. The van der Waals surface area contributed by atoms with Crippen molar-refractivity contribution in [3.8, 4) is 0 Å². The van der Waals surface area contributed by atoms with Crippen molar-refractivity contribution in [3.05, 3.63) is 21.7 Å². The number of nitrogens with one attached hydrogen (secondary N) is 1. The zero-order valence-electron chi connectivity index (χ0n) is 13.3. The van der Waals surface area contributed by atoms with Crippen molar-refractivity contribution in [2.24, 2.45) is 5.41 Å². The maximum Gasteiger partial charge on any atom is 0.232 e. The number of amides is 1. The number of anilines is 1. The summed E-state index contributed by atoms with van der Waals surface area (Å²) in [6.45, 7) is 6.24. The molecule has 1 N–H and O–H groups in total. The Morgan fingerprint density at radius 2 is 2.00 bits per heavy atom. The minimum Gasteiger partial charge on any atom is -0.301 e. The zero-order valence-corrected chi connectivity index (χ0v) is 15.7. The smallest absolute Gasteiger partial charge is 0.232 e. The first-order chi connectivity index (χ1) is 10.4. The molecule has 1 aliphatic carbocycles. The highest BCUT2D eigenvalue weighted by atomic mass is 79.9. The topological polar surface area (TPSA) is 42.0 Å². The Labute approximate surface area is 143 Å². The molecule has 3 rings (SSSR count). The Kier molecular flexibility index (Phi) is 4.29. The lowest BCUT2D eigenvalue weighted by Gasteiger charge is -2.31. The number of carbonyl (C=O) groups excluding carboxylic acids is 1. The lowest BCUT2D eigenvalue weighted by molar-refractivity contribution is -0.126. The van der Waals surface area contributed by atoms with Crippen LogP contribution in [0.1, 0.15) is 50.2 Å². The van der Waals surface area contributed by atoms with Crippen molar-refractivity contribution in [1.82, 2.24) is 4.98 Å². The average Bonchev–Trinajstić information content (AvgIpc) is 2.88. The maximum absolute atomic E-state index is 12.6. The summed E-state index contributed by atoms with van der Waals surface area (Å²) < 4.78 is 2.27. The predicted octanol–water partition coefficient (Wildman–Crippen LogP) is 5.58. The number of hydrogen-bond donors (Lipinski definition) is 1. The third-order valence-corrected chi connectivity index (χ3v) is 7.07. The summed E-state index contributed by atoms with van der Waals surface area (Å²) in [5, 5.41) is 3.78. The van der Waals surface area contributed by atoms with E-state index in [1.807, 2.05) is 0 Å². The fraction of sp³-hybridized carbons (Fsp3) is 0.529. The van der Waals surface area contributed by atoms with Gasteiger partial charge in [-0.2, -0.15) is 0 Å². The van der Waals surface area contributed by atoms with Crippen molar-refractivity contribution >= 4 is 48.5 Å². The van der Waals surface area contributed by atoms with E-state index < -0.39 is 0 Å². The van der Waals surface area contributed by atoms with Gasteiger partial charge in [0.25, 0.3) is 0 Å². The van der Waals surface area contributed by atoms with Crippen LogP contribution in [0.5, 0.6) is 0 Å². The molecule has 1 aliphatic rings. The number of hydrogen-bond acceptors (Lipinski definition) is 3. The molecule has 1 aromatic heterocycles. The quantitative estimate of drug-likeness (QED) is 0.737. The molecule has 3 nitrogen and oxygen atoms in total. The lowest BCUT2D eigenvalue weighted by Crippen LogP contribution is -2.35. The van der Waals surface area contributed by atoms with Gasteiger partial charge in [-0.25, -0.2) is 4.98 Å². The van der Waals surface area contributed by atoms with Crippen molar-refractivity contribution in [2.45, 2.75) is 52.9 Å². The summed E-state index contributed by atoms with van der Waals surface area (Å²) in [4.78, 5) is 17.2. The number of aryl methyl sites for hydroxylation is 2. The summed E-state index contributed by atoms with van der Waals surface area (Å²) in [5.74, 6) is 0.125. The van der Waals surface area contributed by atoms with Crippen molar-refractivity contribution in [3.63, 3.8) is 0 Å². The van der Waals surface area contributed by atoms with Crippen LogP contribution in [0.2, 0.25) is 0 Å². The molecule has 0 aliphatic heterocycles. The van der Waals surface area contributed by atoms with Gasteiger partial charge in [0.05, 0.1) is 10.2 Å². The van der Waals surface area contributed by atoms with Crippen LogP contribution >= 0.6 is 27.3 Å². The van der Waals surface area contributed by atoms with Gasteiger partial charge in [0.2, 0.25) is 5.91 Å². The highest BCUT2D eigenvalue weighted by Crippen LogP contribution is 2.39. The molecule has 1 fully saturated rings. The number of carbonyl (C=O) groups is 1. The molecule has 0 saturated heterocycles. The predicted molar refractivity (Wildman–Crippen MR) is 96.6 cm³/mol.